The van der Waals surface area contributed by atoms with Crippen LogP contribution in [0.3, 0.4) is 0 Å². The monoisotopic (exact) mass is 426 g/mol. The predicted molar refractivity (Wildman–Crippen MR) is 111 cm³/mol. The van der Waals surface area contributed by atoms with Crippen LogP contribution in [0.1, 0.15) is 37.0 Å². The Labute approximate surface area is 171 Å². The summed E-state index contributed by atoms with van der Waals surface area (Å²) in [6.45, 7) is 5.55. The van der Waals surface area contributed by atoms with Gasteiger partial charge < -0.3 is 15.0 Å². The standard InChI is InChI=1S/C19H30N4O3S2/c1-20-18(22-11-7-19(14-22)8-12-26-15-19)21-13-16-5-6-17(27-16)28(24,25)23-9-3-2-4-10-23/h5-6H,2-4,7-15H2,1H3,(H,20,21). The molecular formula is C19H30N4O3S2. The van der Waals surface area contributed by atoms with Gasteiger partial charge in [-0.1, -0.05) is 6.42 Å². The Morgan fingerprint density at radius 2 is 2.07 bits per heavy atom. The van der Waals surface area contributed by atoms with Gasteiger partial charge in [0, 0.05) is 50.1 Å². The van der Waals surface area contributed by atoms with Crippen LogP contribution in [0.15, 0.2) is 21.3 Å². The average molecular weight is 427 g/mol. The highest BCUT2D eigenvalue weighted by atomic mass is 32.2. The highest BCUT2D eigenvalue weighted by Crippen LogP contribution is 2.38. The second-order valence-corrected chi connectivity index (χ2v) is 11.4. The van der Waals surface area contributed by atoms with Crippen LogP contribution >= 0.6 is 11.3 Å². The van der Waals surface area contributed by atoms with Gasteiger partial charge in [-0.25, -0.2) is 8.42 Å². The molecule has 4 heterocycles. The Morgan fingerprint density at radius 1 is 1.25 bits per heavy atom. The van der Waals surface area contributed by atoms with Gasteiger partial charge >= 0.3 is 0 Å². The third-order valence-electron chi connectivity index (χ3n) is 6.10. The number of aliphatic imine (C=N–C) groups is 1. The van der Waals surface area contributed by atoms with Gasteiger partial charge in [0.15, 0.2) is 5.96 Å². The van der Waals surface area contributed by atoms with E-state index in [4.69, 9.17) is 4.74 Å². The maximum atomic E-state index is 12.8. The molecule has 9 heteroatoms. The van der Waals surface area contributed by atoms with Crippen molar-refractivity contribution in [2.75, 3.05) is 46.4 Å². The molecule has 3 aliphatic heterocycles. The van der Waals surface area contributed by atoms with E-state index in [0.717, 1.165) is 69.2 Å². The summed E-state index contributed by atoms with van der Waals surface area (Å²) in [4.78, 5) is 7.75. The number of piperidine rings is 1. The predicted octanol–water partition coefficient (Wildman–Crippen LogP) is 2.11. The molecule has 0 bridgehead atoms. The number of sulfonamides is 1. The molecule has 28 heavy (non-hydrogen) atoms. The lowest BCUT2D eigenvalue weighted by Gasteiger charge is -2.25. The molecule has 7 nitrogen and oxygen atoms in total. The van der Waals surface area contributed by atoms with Crippen LogP contribution in [0.4, 0.5) is 0 Å². The van der Waals surface area contributed by atoms with Crippen LogP contribution in [0, 0.1) is 5.41 Å². The fourth-order valence-corrected chi connectivity index (χ4v) is 7.38. The lowest BCUT2D eigenvalue weighted by atomic mass is 9.87. The molecule has 1 aromatic rings. The van der Waals surface area contributed by atoms with E-state index in [1.807, 2.05) is 6.07 Å². The van der Waals surface area contributed by atoms with Gasteiger partial charge in [-0.2, -0.15) is 4.31 Å². The third-order valence-corrected chi connectivity index (χ3v) is 9.55. The first-order valence-electron chi connectivity index (χ1n) is 10.1. The van der Waals surface area contributed by atoms with Crippen molar-refractivity contribution in [1.82, 2.24) is 14.5 Å². The van der Waals surface area contributed by atoms with Gasteiger partial charge in [-0.3, -0.25) is 4.99 Å². The molecule has 0 aromatic carbocycles. The van der Waals surface area contributed by atoms with Crippen molar-refractivity contribution < 1.29 is 13.2 Å². The average Bonchev–Trinajstić information content (AvgIpc) is 3.46. The largest absolute Gasteiger partial charge is 0.381 e. The van der Waals surface area contributed by atoms with Crippen molar-refractivity contribution in [3.8, 4) is 0 Å². The van der Waals surface area contributed by atoms with E-state index < -0.39 is 10.0 Å². The van der Waals surface area contributed by atoms with E-state index in [-0.39, 0.29) is 5.41 Å². The van der Waals surface area contributed by atoms with Crippen LogP contribution in [0.2, 0.25) is 0 Å². The summed E-state index contributed by atoms with van der Waals surface area (Å²) in [6, 6.07) is 3.66. The molecule has 1 unspecified atom stereocenters. The zero-order valence-electron chi connectivity index (χ0n) is 16.5. The SMILES string of the molecule is CN=C(NCc1ccc(S(=O)(=O)N2CCCCC2)s1)N1CCC2(CCOC2)C1. The van der Waals surface area contributed by atoms with Gasteiger partial charge in [-0.15, -0.1) is 11.3 Å². The van der Waals surface area contributed by atoms with Gasteiger partial charge in [0.1, 0.15) is 4.21 Å². The fraction of sp³-hybridized carbons (Fsp3) is 0.737. The molecule has 3 aliphatic rings. The van der Waals surface area contributed by atoms with E-state index in [1.54, 1.807) is 17.4 Å². The van der Waals surface area contributed by atoms with Gasteiger partial charge in [0.25, 0.3) is 10.0 Å². The molecule has 1 atom stereocenters. The summed E-state index contributed by atoms with van der Waals surface area (Å²) >= 11 is 1.36. The molecule has 1 N–H and O–H groups in total. The van der Waals surface area contributed by atoms with Gasteiger partial charge in [-0.05, 0) is 37.8 Å². The summed E-state index contributed by atoms with van der Waals surface area (Å²) < 4.78 is 33.3. The van der Waals surface area contributed by atoms with Crippen molar-refractivity contribution in [1.29, 1.82) is 0 Å². The van der Waals surface area contributed by atoms with E-state index >= 15 is 0 Å². The Kier molecular flexibility index (Phi) is 5.96. The van der Waals surface area contributed by atoms with Crippen LogP contribution in [-0.4, -0.2) is 70.0 Å². The Morgan fingerprint density at radius 3 is 2.79 bits per heavy atom. The molecule has 1 spiro atoms. The molecular weight excluding hydrogens is 396 g/mol. The Balaban J connectivity index is 1.36. The third kappa shape index (κ3) is 4.08. The zero-order chi connectivity index (χ0) is 19.6. The molecule has 3 saturated heterocycles. The summed E-state index contributed by atoms with van der Waals surface area (Å²) in [5.41, 5.74) is 0.288. The van der Waals surface area contributed by atoms with Crippen LogP contribution in [0.25, 0.3) is 0 Å². The summed E-state index contributed by atoms with van der Waals surface area (Å²) in [6.07, 6.45) is 5.30. The topological polar surface area (TPSA) is 74.2 Å². The van der Waals surface area contributed by atoms with E-state index in [1.165, 1.54) is 11.3 Å². The normalized spacial score (nSPS) is 27.0. The van der Waals surface area contributed by atoms with Crippen molar-refractivity contribution in [2.45, 2.75) is 42.9 Å². The minimum absolute atomic E-state index is 0.288. The lowest BCUT2D eigenvalue weighted by molar-refractivity contribution is 0.156. The first-order chi connectivity index (χ1) is 13.5. The van der Waals surface area contributed by atoms with E-state index in [9.17, 15) is 8.42 Å². The number of hydrogen-bond donors (Lipinski definition) is 1. The number of likely N-dealkylation sites (tertiary alicyclic amines) is 1. The summed E-state index contributed by atoms with van der Waals surface area (Å²) in [5.74, 6) is 0.887. The van der Waals surface area contributed by atoms with Crippen molar-refractivity contribution >= 4 is 27.3 Å². The second-order valence-electron chi connectivity index (χ2n) is 8.06. The number of guanidine groups is 1. The number of rotatable bonds is 4. The minimum Gasteiger partial charge on any atom is -0.381 e. The lowest BCUT2D eigenvalue weighted by Crippen LogP contribution is -2.41. The van der Waals surface area contributed by atoms with Gasteiger partial charge in [0.2, 0.25) is 0 Å². The van der Waals surface area contributed by atoms with Crippen LogP contribution in [0.5, 0.6) is 0 Å². The molecule has 4 rings (SSSR count). The van der Waals surface area contributed by atoms with E-state index in [2.05, 4.69) is 15.2 Å². The first-order valence-corrected chi connectivity index (χ1v) is 12.4. The van der Waals surface area contributed by atoms with Crippen molar-refractivity contribution in [3.63, 3.8) is 0 Å². The molecule has 0 amide bonds. The maximum Gasteiger partial charge on any atom is 0.252 e. The smallest absolute Gasteiger partial charge is 0.252 e. The molecule has 156 valence electrons. The fourth-order valence-electron chi connectivity index (χ4n) is 4.41. The molecule has 0 aliphatic carbocycles. The highest BCUT2D eigenvalue weighted by molar-refractivity contribution is 7.91. The number of nitrogens with one attached hydrogen (secondary N) is 1. The van der Waals surface area contributed by atoms with Crippen molar-refractivity contribution in [2.24, 2.45) is 10.4 Å². The quantitative estimate of drug-likeness (QED) is 0.590. The Hall–Kier alpha value is -1.16. The molecule has 3 fully saturated rings. The van der Waals surface area contributed by atoms with Crippen LogP contribution < -0.4 is 5.32 Å². The van der Waals surface area contributed by atoms with Gasteiger partial charge in [0.05, 0.1) is 13.2 Å². The second kappa shape index (κ2) is 8.30. The number of hydrogen-bond acceptors (Lipinski definition) is 5. The van der Waals surface area contributed by atoms with Crippen LogP contribution in [-0.2, 0) is 21.3 Å². The molecule has 0 saturated carbocycles. The molecule has 0 radical (unpaired) electrons. The number of thiophene rings is 1. The molecule has 1 aromatic heterocycles. The highest BCUT2D eigenvalue weighted by Gasteiger charge is 2.42. The first kappa shape index (κ1) is 20.1. The van der Waals surface area contributed by atoms with Crippen molar-refractivity contribution in [3.05, 3.63) is 17.0 Å². The van der Waals surface area contributed by atoms with E-state index in [0.29, 0.717) is 23.8 Å². The minimum atomic E-state index is -3.35. The maximum absolute atomic E-state index is 12.8. The Bertz CT molecular complexity index is 809. The summed E-state index contributed by atoms with van der Waals surface area (Å²) in [5, 5.41) is 3.42. The summed E-state index contributed by atoms with van der Waals surface area (Å²) in [7, 11) is -1.54. The number of ether oxygens (including phenoxy) is 1. The zero-order valence-corrected chi connectivity index (χ0v) is 18.2. The number of nitrogens with zero attached hydrogens (tertiary/aromatic N) is 3.